The first-order chi connectivity index (χ1) is 14.9. The molecule has 0 amide bonds. The number of alkyl halides is 3. The van der Waals surface area contributed by atoms with Crippen molar-refractivity contribution in [3.8, 4) is 11.6 Å². The molecular weight excluding hydrogens is 399 g/mol. The van der Waals surface area contributed by atoms with Crippen LogP contribution >= 0.6 is 0 Å². The van der Waals surface area contributed by atoms with Crippen molar-refractivity contribution in [1.82, 2.24) is 4.98 Å². The largest absolute Gasteiger partial charge is 0.439 e. The molecule has 1 heterocycles. The number of rotatable bonds is 9. The third kappa shape index (κ3) is 5.75. The first-order valence-electron chi connectivity index (χ1n) is 10.4. The number of para-hydroxylation sites is 1. The fourth-order valence-electron chi connectivity index (χ4n) is 3.73. The molecule has 162 valence electrons. The second-order valence-corrected chi connectivity index (χ2v) is 7.52. The van der Waals surface area contributed by atoms with Crippen LogP contribution in [-0.2, 0) is 18.0 Å². The second-order valence-electron chi connectivity index (χ2n) is 7.52. The number of hydrogen-bond donors (Lipinski definition) is 0. The van der Waals surface area contributed by atoms with Gasteiger partial charge in [0.2, 0.25) is 5.88 Å². The monoisotopic (exact) mass is 425 g/mol. The number of allylic oxidation sites excluding steroid dienone is 1. The van der Waals surface area contributed by atoms with Gasteiger partial charge in [0.15, 0.2) is 0 Å². The highest BCUT2D eigenvalue weighted by molar-refractivity contribution is 5.34. The lowest BCUT2D eigenvalue weighted by atomic mass is 9.74. The molecule has 0 bridgehead atoms. The maximum absolute atomic E-state index is 12.9. The van der Waals surface area contributed by atoms with Crippen LogP contribution in [0.1, 0.15) is 43.0 Å². The Morgan fingerprint density at radius 1 is 0.903 bits per heavy atom. The van der Waals surface area contributed by atoms with Crippen LogP contribution in [-0.4, -0.2) is 4.98 Å². The van der Waals surface area contributed by atoms with Gasteiger partial charge in [0.05, 0.1) is 5.56 Å². The summed E-state index contributed by atoms with van der Waals surface area (Å²) in [4.78, 5) is 4.58. The molecule has 0 fully saturated rings. The van der Waals surface area contributed by atoms with Gasteiger partial charge in [-0.3, -0.25) is 0 Å². The van der Waals surface area contributed by atoms with E-state index >= 15 is 0 Å². The van der Waals surface area contributed by atoms with Gasteiger partial charge in [0, 0.05) is 17.2 Å². The number of nitrogens with zero attached hydrogens (tertiary/aromatic N) is 1. The van der Waals surface area contributed by atoms with Gasteiger partial charge in [0.25, 0.3) is 0 Å². The lowest BCUT2D eigenvalue weighted by molar-refractivity contribution is -0.137. The van der Waals surface area contributed by atoms with Crippen LogP contribution in [0.4, 0.5) is 13.2 Å². The highest BCUT2D eigenvalue weighted by Gasteiger charge is 2.32. The topological polar surface area (TPSA) is 22.1 Å². The summed E-state index contributed by atoms with van der Waals surface area (Å²) in [6.07, 6.45) is 0.610. The molecule has 1 aromatic heterocycles. The van der Waals surface area contributed by atoms with Crippen LogP contribution < -0.4 is 4.74 Å². The van der Waals surface area contributed by atoms with Crippen molar-refractivity contribution >= 4 is 0 Å². The van der Waals surface area contributed by atoms with E-state index in [1.54, 1.807) is 12.1 Å². The number of hydrogen-bond acceptors (Lipinski definition) is 2. The molecule has 0 saturated carbocycles. The van der Waals surface area contributed by atoms with Crippen molar-refractivity contribution in [1.29, 1.82) is 0 Å². The summed E-state index contributed by atoms with van der Waals surface area (Å²) in [7, 11) is 0. The highest BCUT2D eigenvalue weighted by Crippen LogP contribution is 2.37. The third-order valence-corrected chi connectivity index (χ3v) is 5.61. The minimum atomic E-state index is -4.33. The Morgan fingerprint density at radius 2 is 1.58 bits per heavy atom. The molecule has 3 aromatic rings. The Balaban J connectivity index is 1.67. The van der Waals surface area contributed by atoms with Crippen molar-refractivity contribution in [2.24, 2.45) is 0 Å². The molecule has 0 N–H and O–H groups in total. The predicted octanol–water partition coefficient (Wildman–Crippen LogP) is 7.75. The minimum Gasteiger partial charge on any atom is -0.439 e. The van der Waals surface area contributed by atoms with Gasteiger partial charge in [-0.1, -0.05) is 49.4 Å². The van der Waals surface area contributed by atoms with Crippen molar-refractivity contribution < 1.29 is 17.9 Å². The normalized spacial score (nSPS) is 13.4. The lowest BCUT2D eigenvalue weighted by Crippen LogP contribution is -2.23. The molecule has 3 rings (SSSR count). The number of aryl methyl sites for hydroxylation is 1. The zero-order valence-electron chi connectivity index (χ0n) is 17.5. The average molecular weight is 425 g/mol. The van der Waals surface area contributed by atoms with E-state index in [0.717, 1.165) is 54.8 Å². The Hall–Kier alpha value is -3.08. The van der Waals surface area contributed by atoms with Crippen LogP contribution in [0.3, 0.4) is 0 Å². The molecular formula is C26H26F3NO. The summed E-state index contributed by atoms with van der Waals surface area (Å²) in [6, 6.07) is 20.6. The molecule has 2 nitrogen and oxygen atoms in total. The SMILES string of the molecule is C=CC(CC)(CCCc1cccc(Oc2ccccc2)n1)c1ccc(C(F)(F)F)cc1. The molecule has 2 aromatic carbocycles. The summed E-state index contributed by atoms with van der Waals surface area (Å²) in [5.41, 5.74) is 0.759. The maximum Gasteiger partial charge on any atom is 0.416 e. The van der Waals surface area contributed by atoms with E-state index in [9.17, 15) is 13.2 Å². The highest BCUT2D eigenvalue weighted by atomic mass is 19.4. The first-order valence-corrected chi connectivity index (χ1v) is 10.4. The Labute approximate surface area is 181 Å². The number of benzene rings is 2. The zero-order valence-corrected chi connectivity index (χ0v) is 17.5. The quantitative estimate of drug-likeness (QED) is 0.327. The van der Waals surface area contributed by atoms with Crippen molar-refractivity contribution in [3.05, 3.63) is 102 Å². The molecule has 0 spiro atoms. The standard InChI is InChI=1S/C26H26F3NO/c1-3-25(4-2,20-15-17-21(18-16-20)26(27,28)29)19-9-11-22-10-8-14-24(30-22)31-23-12-6-5-7-13-23/h3,5-8,10,12-18H,1,4,9,11,19H2,2H3. The van der Waals surface area contributed by atoms with Gasteiger partial charge in [-0.25, -0.2) is 4.98 Å². The number of halogens is 3. The summed E-state index contributed by atoms with van der Waals surface area (Å²) >= 11 is 0. The second kappa shape index (κ2) is 9.82. The Morgan fingerprint density at radius 3 is 2.19 bits per heavy atom. The number of aromatic nitrogens is 1. The van der Waals surface area contributed by atoms with Gasteiger partial charge >= 0.3 is 6.18 Å². The smallest absolute Gasteiger partial charge is 0.416 e. The van der Waals surface area contributed by atoms with Gasteiger partial charge in [-0.15, -0.1) is 6.58 Å². The first kappa shape index (κ1) is 22.6. The van der Waals surface area contributed by atoms with E-state index in [0.29, 0.717) is 5.88 Å². The van der Waals surface area contributed by atoms with E-state index < -0.39 is 11.7 Å². The molecule has 1 atom stereocenters. The van der Waals surface area contributed by atoms with Gasteiger partial charge in [-0.05, 0) is 61.6 Å². The van der Waals surface area contributed by atoms with E-state index in [1.807, 2.05) is 61.5 Å². The van der Waals surface area contributed by atoms with Crippen LogP contribution in [0.2, 0.25) is 0 Å². The van der Waals surface area contributed by atoms with Crippen molar-refractivity contribution in [3.63, 3.8) is 0 Å². The summed E-state index contributed by atoms with van der Waals surface area (Å²) in [5.74, 6) is 1.27. The van der Waals surface area contributed by atoms with Gasteiger partial charge in [-0.2, -0.15) is 13.2 Å². The van der Waals surface area contributed by atoms with Gasteiger partial charge < -0.3 is 4.74 Å². The summed E-state index contributed by atoms with van der Waals surface area (Å²) < 4.78 is 44.5. The fraction of sp³-hybridized carbons (Fsp3) is 0.269. The van der Waals surface area contributed by atoms with Crippen LogP contribution in [0.15, 0.2) is 85.5 Å². The third-order valence-electron chi connectivity index (χ3n) is 5.61. The molecule has 0 aliphatic rings. The number of pyridine rings is 1. The average Bonchev–Trinajstić information content (AvgIpc) is 2.78. The molecule has 1 unspecified atom stereocenters. The van der Waals surface area contributed by atoms with E-state index in [2.05, 4.69) is 11.6 Å². The Kier molecular flexibility index (Phi) is 7.16. The lowest BCUT2D eigenvalue weighted by Gasteiger charge is -2.30. The van der Waals surface area contributed by atoms with Crippen LogP contribution in [0.25, 0.3) is 0 Å². The van der Waals surface area contributed by atoms with Gasteiger partial charge in [0.1, 0.15) is 5.75 Å². The zero-order chi connectivity index (χ0) is 22.3. The van der Waals surface area contributed by atoms with E-state index in [-0.39, 0.29) is 5.41 Å². The molecule has 5 heteroatoms. The molecule has 31 heavy (non-hydrogen) atoms. The predicted molar refractivity (Wildman–Crippen MR) is 117 cm³/mol. The van der Waals surface area contributed by atoms with E-state index in [4.69, 9.17) is 4.74 Å². The Bertz CT molecular complexity index is 984. The summed E-state index contributed by atoms with van der Waals surface area (Å²) in [5, 5.41) is 0. The maximum atomic E-state index is 12.9. The van der Waals surface area contributed by atoms with Crippen molar-refractivity contribution in [2.45, 2.75) is 44.2 Å². The molecule has 0 aliphatic carbocycles. The molecule has 0 saturated heterocycles. The minimum absolute atomic E-state index is 0.373. The van der Waals surface area contributed by atoms with Crippen LogP contribution in [0, 0.1) is 0 Å². The van der Waals surface area contributed by atoms with Crippen LogP contribution in [0.5, 0.6) is 11.6 Å². The summed E-state index contributed by atoms with van der Waals surface area (Å²) in [6.45, 7) is 6.01. The number of ether oxygens (including phenoxy) is 1. The molecule has 0 aliphatic heterocycles. The van der Waals surface area contributed by atoms with E-state index in [1.165, 1.54) is 0 Å². The molecule has 0 radical (unpaired) electrons. The van der Waals surface area contributed by atoms with Crippen molar-refractivity contribution in [2.75, 3.05) is 0 Å². The fourth-order valence-corrected chi connectivity index (χ4v) is 3.73.